The number of carbonyl (C=O) groups excluding carboxylic acids is 1. The van der Waals surface area contributed by atoms with Crippen molar-refractivity contribution in [3.05, 3.63) is 34.8 Å². The Hall–Kier alpha value is -0.860. The number of Topliss-reactive ketones (excluding diaryl/α,β-unsaturated/α-hetero) is 1. The number of hydrogen-bond donors (Lipinski definition) is 1. The molecule has 1 unspecified atom stereocenters. The fourth-order valence-corrected chi connectivity index (χ4v) is 1.92. The van der Waals surface area contributed by atoms with Gasteiger partial charge in [0.05, 0.1) is 5.48 Å². The zero-order chi connectivity index (χ0) is 16.2. The average Bonchev–Trinajstić information content (AvgIpc) is 2.39. The first-order valence-electron chi connectivity index (χ1n) is 7.60. The third-order valence-corrected chi connectivity index (χ3v) is 2.85. The van der Waals surface area contributed by atoms with Gasteiger partial charge in [-0.3, -0.25) is 4.79 Å². The van der Waals surface area contributed by atoms with Gasteiger partial charge < -0.3 is 5.73 Å². The number of halogens is 1. The summed E-state index contributed by atoms with van der Waals surface area (Å²) in [5.41, 5.74) is 4.26. The number of benzene rings is 1. The standard InChI is InChI=1S/C12H14ClNO/c13-10-6-2-1-5-9(10)12(14)8-4-3-7-11(12)15/h1-2,5-6H,3-4,7-8,14H2/i1D,2D,3D2,5D,6D. The predicted octanol–water partition coefficient (Wildman–Crippen LogP) is 2.64. The maximum atomic E-state index is 12.3. The topological polar surface area (TPSA) is 43.1 Å². The number of ketones is 1. The molecule has 0 spiro atoms. The molecular formula is C12H14ClNO. The van der Waals surface area contributed by atoms with E-state index in [1.54, 1.807) is 0 Å². The molecular weight excluding hydrogens is 210 g/mol. The Balaban J connectivity index is 2.65. The van der Waals surface area contributed by atoms with E-state index in [0.29, 0.717) is 0 Å². The lowest BCUT2D eigenvalue weighted by atomic mass is 9.76. The Labute approximate surface area is 103 Å². The first-order valence-corrected chi connectivity index (χ1v) is 4.97. The summed E-state index contributed by atoms with van der Waals surface area (Å²) in [4.78, 5) is 12.3. The number of rotatable bonds is 1. The van der Waals surface area contributed by atoms with E-state index in [-0.39, 0.29) is 23.4 Å². The predicted molar refractivity (Wildman–Crippen MR) is 60.8 cm³/mol. The summed E-state index contributed by atoms with van der Waals surface area (Å²) in [6.45, 7) is 0. The SMILES string of the molecule is [2H]c1c([2H])c([2H])c(C2(N)CCC([2H])([2H])CC2=O)c(Cl)c1[2H]. The summed E-state index contributed by atoms with van der Waals surface area (Å²) < 4.78 is 46.1. The Morgan fingerprint density at radius 1 is 1.53 bits per heavy atom. The molecule has 2 N–H and O–H groups in total. The molecule has 1 aliphatic rings. The molecule has 0 aliphatic heterocycles. The quantitative estimate of drug-likeness (QED) is 0.805. The normalized spacial score (nSPS) is 35.7. The van der Waals surface area contributed by atoms with Gasteiger partial charge in [-0.05, 0) is 24.4 Å². The van der Waals surface area contributed by atoms with Crippen LogP contribution in [0.5, 0.6) is 0 Å². The van der Waals surface area contributed by atoms with E-state index in [2.05, 4.69) is 0 Å². The van der Waals surface area contributed by atoms with Crippen LogP contribution in [0.25, 0.3) is 0 Å². The van der Waals surface area contributed by atoms with Crippen LogP contribution in [-0.2, 0) is 10.3 Å². The second kappa shape index (κ2) is 3.95. The zero-order valence-corrected chi connectivity index (χ0v) is 8.74. The van der Waals surface area contributed by atoms with Gasteiger partial charge in [-0.2, -0.15) is 0 Å². The van der Waals surface area contributed by atoms with Crippen LogP contribution in [0.4, 0.5) is 0 Å². The van der Waals surface area contributed by atoms with E-state index in [9.17, 15) is 4.79 Å². The molecule has 1 saturated carbocycles. The van der Waals surface area contributed by atoms with Crippen molar-refractivity contribution in [3.63, 3.8) is 0 Å². The zero-order valence-electron chi connectivity index (χ0n) is 14.0. The van der Waals surface area contributed by atoms with Gasteiger partial charge in [-0.15, -0.1) is 0 Å². The van der Waals surface area contributed by atoms with Gasteiger partial charge >= 0.3 is 0 Å². The fraction of sp³-hybridized carbons (Fsp3) is 0.417. The van der Waals surface area contributed by atoms with Crippen LogP contribution in [0.15, 0.2) is 24.2 Å². The molecule has 3 heteroatoms. The Morgan fingerprint density at radius 3 is 3.00 bits per heavy atom. The summed E-state index contributed by atoms with van der Waals surface area (Å²) in [5, 5.41) is -0.278. The molecule has 0 saturated heterocycles. The molecule has 1 aromatic rings. The highest BCUT2D eigenvalue weighted by Crippen LogP contribution is 2.35. The molecule has 2 nitrogen and oxygen atoms in total. The van der Waals surface area contributed by atoms with Crippen molar-refractivity contribution in [2.75, 3.05) is 0 Å². The van der Waals surface area contributed by atoms with Crippen molar-refractivity contribution in [2.24, 2.45) is 5.73 Å². The molecule has 1 aliphatic carbocycles. The van der Waals surface area contributed by atoms with Crippen molar-refractivity contribution in [1.82, 2.24) is 0 Å². The highest BCUT2D eigenvalue weighted by Gasteiger charge is 2.38. The largest absolute Gasteiger partial charge is 0.315 e. The van der Waals surface area contributed by atoms with Crippen LogP contribution in [0.1, 0.15) is 39.4 Å². The molecule has 2 rings (SSSR count). The smallest absolute Gasteiger partial charge is 0.157 e. The second-order valence-corrected chi connectivity index (χ2v) is 3.89. The third-order valence-electron chi connectivity index (χ3n) is 2.57. The van der Waals surface area contributed by atoms with Crippen LogP contribution in [0.2, 0.25) is 5.02 Å². The lowest BCUT2D eigenvalue weighted by Crippen LogP contribution is -2.47. The minimum absolute atomic E-state index is 0.0221. The molecule has 0 bridgehead atoms. The van der Waals surface area contributed by atoms with Crippen molar-refractivity contribution in [1.29, 1.82) is 0 Å². The molecule has 1 aromatic carbocycles. The number of carbonyl (C=O) groups is 1. The molecule has 1 fully saturated rings. The van der Waals surface area contributed by atoms with E-state index in [1.807, 2.05) is 0 Å². The van der Waals surface area contributed by atoms with E-state index in [0.717, 1.165) is 0 Å². The highest BCUT2D eigenvalue weighted by molar-refractivity contribution is 6.31. The Kier molecular flexibility index (Phi) is 1.44. The molecule has 15 heavy (non-hydrogen) atoms. The molecule has 0 aromatic heterocycles. The molecule has 0 radical (unpaired) electrons. The van der Waals surface area contributed by atoms with E-state index in [4.69, 9.17) is 25.6 Å². The molecule has 80 valence electrons. The highest BCUT2D eigenvalue weighted by atomic mass is 35.5. The van der Waals surface area contributed by atoms with Gasteiger partial charge in [0.2, 0.25) is 0 Å². The second-order valence-electron chi connectivity index (χ2n) is 3.51. The van der Waals surface area contributed by atoms with Crippen LogP contribution < -0.4 is 5.73 Å². The van der Waals surface area contributed by atoms with Gasteiger partial charge in [-0.1, -0.05) is 36.1 Å². The molecule has 1 atom stereocenters. The number of nitrogens with two attached hydrogens (primary N) is 1. The minimum Gasteiger partial charge on any atom is -0.315 e. The maximum Gasteiger partial charge on any atom is 0.157 e. The Morgan fingerprint density at radius 2 is 2.27 bits per heavy atom. The first kappa shape index (κ1) is 5.46. The van der Waals surface area contributed by atoms with Crippen LogP contribution in [-0.4, -0.2) is 5.78 Å². The van der Waals surface area contributed by atoms with Crippen molar-refractivity contribution in [2.45, 2.75) is 31.2 Å². The van der Waals surface area contributed by atoms with Crippen molar-refractivity contribution in [3.8, 4) is 0 Å². The number of hydrogen-bond acceptors (Lipinski definition) is 2. The van der Waals surface area contributed by atoms with Crippen LogP contribution >= 0.6 is 11.6 Å². The minimum atomic E-state index is -1.68. The summed E-state index contributed by atoms with van der Waals surface area (Å²) in [7, 11) is 0. The molecule has 0 amide bonds. The van der Waals surface area contributed by atoms with Crippen molar-refractivity contribution >= 4 is 17.4 Å². The van der Waals surface area contributed by atoms with Gasteiger partial charge in [0.25, 0.3) is 0 Å². The third kappa shape index (κ3) is 1.80. The van der Waals surface area contributed by atoms with Crippen LogP contribution in [0.3, 0.4) is 0 Å². The van der Waals surface area contributed by atoms with Crippen molar-refractivity contribution < 1.29 is 13.0 Å². The summed E-state index contributed by atoms with van der Waals surface area (Å²) >= 11 is 6.00. The van der Waals surface area contributed by atoms with E-state index < -0.39 is 48.3 Å². The lowest BCUT2D eigenvalue weighted by Gasteiger charge is -2.32. The van der Waals surface area contributed by atoms with Gasteiger partial charge in [-0.25, -0.2) is 0 Å². The summed E-state index contributed by atoms with van der Waals surface area (Å²) in [5.74, 6) is -0.606. The fourth-order valence-electron chi connectivity index (χ4n) is 1.65. The summed E-state index contributed by atoms with van der Waals surface area (Å²) in [6, 6.07) is -1.89. The summed E-state index contributed by atoms with van der Waals surface area (Å²) in [6.07, 6.45) is -2.09. The average molecular weight is 230 g/mol. The first-order chi connectivity index (χ1) is 9.51. The molecule has 0 heterocycles. The van der Waals surface area contributed by atoms with Crippen LogP contribution in [0, 0.1) is 0 Å². The van der Waals surface area contributed by atoms with E-state index >= 15 is 0 Å². The lowest BCUT2D eigenvalue weighted by molar-refractivity contribution is -0.126. The monoisotopic (exact) mass is 229 g/mol. The maximum absolute atomic E-state index is 12.3. The van der Waals surface area contributed by atoms with Gasteiger partial charge in [0.1, 0.15) is 5.54 Å². The van der Waals surface area contributed by atoms with E-state index in [1.165, 1.54) is 0 Å². The Bertz CT molecular complexity index is 606. The van der Waals surface area contributed by atoms with Gasteiger partial charge in [0, 0.05) is 14.2 Å². The van der Waals surface area contributed by atoms with Gasteiger partial charge in [0.15, 0.2) is 5.78 Å².